The number of hydrogen-bond acceptors (Lipinski definition) is 7. The predicted molar refractivity (Wildman–Crippen MR) is 139 cm³/mol. The molecule has 5 heterocycles. The minimum atomic E-state index is -0.176. The lowest BCUT2D eigenvalue weighted by Crippen LogP contribution is -2.36. The van der Waals surface area contributed by atoms with Gasteiger partial charge in [0, 0.05) is 49.6 Å². The van der Waals surface area contributed by atoms with E-state index in [2.05, 4.69) is 32.6 Å². The van der Waals surface area contributed by atoms with Gasteiger partial charge >= 0.3 is 0 Å². The average molecular weight is 512 g/mol. The molecule has 0 atom stereocenters. The Balaban J connectivity index is 1.27. The highest BCUT2D eigenvalue weighted by molar-refractivity contribution is 5.93. The van der Waals surface area contributed by atoms with Gasteiger partial charge in [-0.25, -0.2) is 0 Å². The number of rotatable bonds is 6. The average Bonchev–Trinajstić information content (AvgIpc) is 3.71. The molecule has 5 aromatic rings. The van der Waals surface area contributed by atoms with Crippen LogP contribution in [0.4, 0.5) is 0 Å². The van der Waals surface area contributed by atoms with Crippen LogP contribution in [0.2, 0.25) is 0 Å². The molecule has 38 heavy (non-hydrogen) atoms. The lowest BCUT2D eigenvalue weighted by atomic mass is 10.0. The van der Waals surface area contributed by atoms with Gasteiger partial charge < -0.3 is 14.0 Å². The molecule has 0 fully saturated rings. The minimum absolute atomic E-state index is 0.176. The summed E-state index contributed by atoms with van der Waals surface area (Å²) in [6.45, 7) is 8.33. The lowest BCUT2D eigenvalue weighted by Gasteiger charge is -2.26. The first-order valence-electron chi connectivity index (χ1n) is 12.7. The highest BCUT2D eigenvalue weighted by atomic mass is 16.5. The Morgan fingerprint density at radius 3 is 2.71 bits per heavy atom. The van der Waals surface area contributed by atoms with Crippen molar-refractivity contribution in [2.75, 3.05) is 6.54 Å². The molecule has 0 saturated carbocycles. The lowest BCUT2D eigenvalue weighted by molar-refractivity contribution is 0.0723. The van der Waals surface area contributed by atoms with Crippen molar-refractivity contribution in [3.8, 4) is 22.8 Å². The zero-order chi connectivity index (χ0) is 26.4. The van der Waals surface area contributed by atoms with Gasteiger partial charge in [0.15, 0.2) is 17.3 Å². The van der Waals surface area contributed by atoms with Gasteiger partial charge in [0.1, 0.15) is 12.0 Å². The minimum Gasteiger partial charge on any atom is -0.355 e. The molecule has 1 amide bonds. The molecule has 0 spiro atoms. The van der Waals surface area contributed by atoms with Crippen LogP contribution < -0.4 is 0 Å². The van der Waals surface area contributed by atoms with Gasteiger partial charge in [-0.05, 0) is 26.3 Å². The summed E-state index contributed by atoms with van der Waals surface area (Å²) in [5.41, 5.74) is 6.96. The molecule has 0 unspecified atom stereocenters. The van der Waals surface area contributed by atoms with Gasteiger partial charge in [-0.2, -0.15) is 10.2 Å². The van der Waals surface area contributed by atoms with Gasteiger partial charge in [-0.1, -0.05) is 35.5 Å². The van der Waals surface area contributed by atoms with Crippen LogP contribution >= 0.6 is 0 Å². The van der Waals surface area contributed by atoms with Crippen molar-refractivity contribution in [2.45, 2.75) is 46.8 Å². The number of amides is 1. The van der Waals surface area contributed by atoms with Crippen molar-refractivity contribution >= 4 is 5.91 Å². The van der Waals surface area contributed by atoms with Crippen LogP contribution in [0.5, 0.6) is 0 Å². The van der Waals surface area contributed by atoms with Crippen molar-refractivity contribution in [3.63, 3.8) is 0 Å². The molecule has 0 radical (unpaired) electrons. The third-order valence-corrected chi connectivity index (χ3v) is 7.21. The summed E-state index contributed by atoms with van der Waals surface area (Å²) in [5, 5.41) is 22.0. The third kappa shape index (κ3) is 4.00. The summed E-state index contributed by atoms with van der Waals surface area (Å²) < 4.78 is 11.4. The summed E-state index contributed by atoms with van der Waals surface area (Å²) in [6, 6.07) is 11.9. The number of aryl methyl sites for hydroxylation is 3. The number of fused-ring (bicyclic) bond motifs is 1. The van der Waals surface area contributed by atoms with Gasteiger partial charge in [0.05, 0.1) is 24.3 Å². The molecule has 6 rings (SSSR count). The van der Waals surface area contributed by atoms with E-state index in [1.54, 1.807) is 17.3 Å². The number of aromatic nitrogens is 8. The van der Waals surface area contributed by atoms with Crippen LogP contribution in [0.3, 0.4) is 0 Å². The standard InChI is InChI=1S/C27H29N9O2/c1-5-36-18(3)24(17(2)30-36)23-13-21(32-38-23)27(37)34-12-11-22-20(15-34)25(31-33(22)4)26-29-28-16-35(26)14-19-9-7-6-8-10-19/h6-10,13,16H,5,11-12,14-15H2,1-4H3. The molecular formula is C27H29N9O2. The molecule has 1 aliphatic heterocycles. The summed E-state index contributed by atoms with van der Waals surface area (Å²) in [6.07, 6.45) is 2.40. The molecule has 0 bridgehead atoms. The van der Waals surface area contributed by atoms with Crippen LogP contribution in [0.15, 0.2) is 47.2 Å². The smallest absolute Gasteiger partial charge is 0.276 e. The molecule has 0 N–H and O–H groups in total. The predicted octanol–water partition coefficient (Wildman–Crippen LogP) is 3.41. The molecule has 0 saturated heterocycles. The Labute approximate surface area is 219 Å². The molecule has 1 aliphatic rings. The molecule has 1 aromatic carbocycles. The third-order valence-electron chi connectivity index (χ3n) is 7.21. The van der Waals surface area contributed by atoms with Crippen LogP contribution in [-0.4, -0.2) is 56.8 Å². The molecular weight excluding hydrogens is 482 g/mol. The van der Waals surface area contributed by atoms with Gasteiger partial charge in [0.2, 0.25) is 0 Å². The fourth-order valence-electron chi connectivity index (χ4n) is 5.30. The number of carbonyl (C=O) groups excluding carboxylic acids is 1. The Morgan fingerprint density at radius 1 is 1.13 bits per heavy atom. The maximum atomic E-state index is 13.5. The second-order valence-electron chi connectivity index (χ2n) is 9.58. The Kier molecular flexibility index (Phi) is 5.90. The van der Waals surface area contributed by atoms with Crippen molar-refractivity contribution in [1.29, 1.82) is 0 Å². The fraction of sp³-hybridized carbons (Fsp3) is 0.333. The second kappa shape index (κ2) is 9.40. The van der Waals surface area contributed by atoms with Crippen LogP contribution in [0, 0.1) is 13.8 Å². The Morgan fingerprint density at radius 2 is 1.95 bits per heavy atom. The first-order chi connectivity index (χ1) is 18.4. The van der Waals surface area contributed by atoms with Gasteiger partial charge in [-0.15, -0.1) is 10.2 Å². The molecule has 4 aromatic heterocycles. The van der Waals surface area contributed by atoms with Gasteiger partial charge in [-0.3, -0.25) is 14.2 Å². The van der Waals surface area contributed by atoms with Crippen LogP contribution in [0.1, 0.15) is 45.6 Å². The maximum Gasteiger partial charge on any atom is 0.276 e. The molecule has 194 valence electrons. The maximum absolute atomic E-state index is 13.5. The van der Waals surface area contributed by atoms with E-state index in [-0.39, 0.29) is 11.6 Å². The van der Waals surface area contributed by atoms with E-state index in [1.165, 1.54) is 0 Å². The quantitative estimate of drug-likeness (QED) is 0.343. The fourth-order valence-corrected chi connectivity index (χ4v) is 5.30. The molecule has 0 aliphatic carbocycles. The summed E-state index contributed by atoms with van der Waals surface area (Å²) in [7, 11) is 1.93. The second-order valence-corrected chi connectivity index (χ2v) is 9.58. The zero-order valence-corrected chi connectivity index (χ0v) is 21.9. The van der Waals surface area contributed by atoms with E-state index in [4.69, 9.17) is 9.62 Å². The zero-order valence-electron chi connectivity index (χ0n) is 21.9. The highest BCUT2D eigenvalue weighted by Crippen LogP contribution is 2.31. The monoisotopic (exact) mass is 511 g/mol. The van der Waals surface area contributed by atoms with Crippen molar-refractivity contribution in [3.05, 3.63) is 76.6 Å². The van der Waals surface area contributed by atoms with Crippen molar-refractivity contribution in [1.82, 2.24) is 44.4 Å². The van der Waals surface area contributed by atoms with Crippen LogP contribution in [-0.2, 0) is 33.1 Å². The van der Waals surface area contributed by atoms with E-state index < -0.39 is 0 Å². The molecule has 11 heteroatoms. The van der Waals surface area contributed by atoms with Crippen LogP contribution in [0.25, 0.3) is 22.8 Å². The topological polar surface area (TPSA) is 113 Å². The largest absolute Gasteiger partial charge is 0.355 e. The van der Waals surface area contributed by atoms with E-state index in [0.717, 1.165) is 46.0 Å². The normalized spacial score (nSPS) is 13.2. The van der Waals surface area contributed by atoms with E-state index in [0.29, 0.717) is 37.6 Å². The summed E-state index contributed by atoms with van der Waals surface area (Å²) >= 11 is 0. The first kappa shape index (κ1) is 23.8. The van der Waals surface area contributed by atoms with Crippen molar-refractivity contribution in [2.24, 2.45) is 7.05 Å². The first-order valence-corrected chi connectivity index (χ1v) is 12.7. The SMILES string of the molecule is CCn1nc(C)c(-c2cc(C(=O)N3CCc4c(c(-c5nncn5Cc5ccccc5)nn4C)C3)no2)c1C. The summed E-state index contributed by atoms with van der Waals surface area (Å²) in [5.74, 6) is 1.06. The Bertz CT molecular complexity index is 1620. The summed E-state index contributed by atoms with van der Waals surface area (Å²) in [4.78, 5) is 15.3. The number of hydrogen-bond donors (Lipinski definition) is 0. The number of benzene rings is 1. The van der Waals surface area contributed by atoms with E-state index in [1.807, 2.05) is 59.9 Å². The highest BCUT2D eigenvalue weighted by Gasteiger charge is 2.31. The van der Waals surface area contributed by atoms with E-state index in [9.17, 15) is 4.79 Å². The van der Waals surface area contributed by atoms with Gasteiger partial charge in [0.25, 0.3) is 5.91 Å². The van der Waals surface area contributed by atoms with E-state index >= 15 is 0 Å². The Hall–Kier alpha value is -4.54. The molecule has 11 nitrogen and oxygen atoms in total. The van der Waals surface area contributed by atoms with Crippen molar-refractivity contribution < 1.29 is 9.32 Å². The number of nitrogens with zero attached hydrogens (tertiary/aromatic N) is 9. The number of carbonyl (C=O) groups is 1.